The van der Waals surface area contributed by atoms with Crippen molar-refractivity contribution in [2.24, 2.45) is 10.4 Å². The number of aliphatic imine (C=N–C) groups is 1. The molecule has 2 aromatic heterocycles. The number of imidazole rings is 1. The first kappa shape index (κ1) is 23.8. The average Bonchev–Trinajstić information content (AvgIpc) is 3.50. The van der Waals surface area contributed by atoms with Crippen molar-refractivity contribution in [3.8, 4) is 5.82 Å². The second-order valence-corrected chi connectivity index (χ2v) is 11.0. The van der Waals surface area contributed by atoms with Gasteiger partial charge < -0.3 is 10.6 Å². The third kappa shape index (κ3) is 3.91. The molecule has 1 aliphatic carbocycles. The lowest BCUT2D eigenvalue weighted by atomic mass is 9.95. The molecule has 0 bridgehead atoms. The molecule has 38 heavy (non-hydrogen) atoms. The number of nitrogens with zero attached hydrogens (tertiary/aromatic N) is 4. The van der Waals surface area contributed by atoms with Gasteiger partial charge in [-0.25, -0.2) is 14.3 Å². The van der Waals surface area contributed by atoms with Gasteiger partial charge in [0.1, 0.15) is 23.7 Å². The van der Waals surface area contributed by atoms with Gasteiger partial charge in [-0.2, -0.15) is 0 Å². The fourth-order valence-corrected chi connectivity index (χ4v) is 5.26. The monoisotopic (exact) mass is 508 g/mol. The zero-order valence-corrected chi connectivity index (χ0v) is 21.5. The van der Waals surface area contributed by atoms with Gasteiger partial charge in [0.05, 0.1) is 11.0 Å². The van der Waals surface area contributed by atoms with Crippen LogP contribution in [0.3, 0.4) is 0 Å². The molecule has 2 N–H and O–H groups in total. The number of carbonyl (C=O) groups excluding carboxylic acids is 2. The molecule has 6 rings (SSSR count). The van der Waals surface area contributed by atoms with Crippen molar-refractivity contribution in [2.45, 2.75) is 45.7 Å². The number of rotatable bonds is 4. The topological polar surface area (TPSA) is 110 Å². The van der Waals surface area contributed by atoms with Crippen molar-refractivity contribution in [1.82, 2.24) is 19.4 Å². The molecule has 0 fully saturated rings. The van der Waals surface area contributed by atoms with Crippen LogP contribution in [0.5, 0.6) is 0 Å². The zero-order valence-electron chi connectivity index (χ0n) is 21.5. The summed E-state index contributed by atoms with van der Waals surface area (Å²) in [5, 5.41) is 5.90. The van der Waals surface area contributed by atoms with Crippen molar-refractivity contribution < 1.29 is 9.59 Å². The fraction of sp³-hybridized carbons (Fsp3) is 0.276. The van der Waals surface area contributed by atoms with Crippen LogP contribution in [0.15, 0.2) is 76.6 Å². The molecule has 9 nitrogen and oxygen atoms in total. The maximum atomic E-state index is 13.4. The van der Waals surface area contributed by atoms with Gasteiger partial charge in [-0.15, -0.1) is 0 Å². The van der Waals surface area contributed by atoms with Crippen LogP contribution in [0.25, 0.3) is 16.9 Å². The molecule has 1 aliphatic heterocycles. The molecule has 0 saturated heterocycles. The molecule has 192 valence electrons. The van der Waals surface area contributed by atoms with Crippen molar-refractivity contribution in [3.05, 3.63) is 88.5 Å². The van der Waals surface area contributed by atoms with E-state index in [1.54, 1.807) is 18.3 Å². The van der Waals surface area contributed by atoms with Gasteiger partial charge in [-0.1, -0.05) is 45.0 Å². The summed E-state index contributed by atoms with van der Waals surface area (Å²) < 4.78 is 2.96. The molecule has 4 aromatic rings. The number of aromatic nitrogens is 3. The normalized spacial score (nSPS) is 18.5. The largest absolute Gasteiger partial charge is 0.335 e. The summed E-state index contributed by atoms with van der Waals surface area (Å²) in [4.78, 5) is 48.5. The Kier molecular flexibility index (Phi) is 5.34. The maximum Gasteiger partial charge on any atom is 0.335 e. The molecule has 2 aromatic carbocycles. The number of benzene rings is 2. The summed E-state index contributed by atoms with van der Waals surface area (Å²) in [6.45, 7) is 5.93. The van der Waals surface area contributed by atoms with E-state index in [1.165, 1.54) is 9.13 Å². The van der Waals surface area contributed by atoms with E-state index in [0.29, 0.717) is 41.2 Å². The molecule has 1 unspecified atom stereocenters. The Balaban J connectivity index is 1.25. The minimum atomic E-state index is -0.825. The van der Waals surface area contributed by atoms with E-state index < -0.39 is 5.54 Å². The Hall–Kier alpha value is -4.53. The smallest absolute Gasteiger partial charge is 0.325 e. The lowest BCUT2D eigenvalue weighted by molar-refractivity contribution is -0.123. The highest BCUT2D eigenvalue weighted by atomic mass is 16.2. The quantitative estimate of drug-likeness (QED) is 0.441. The highest BCUT2D eigenvalue weighted by Gasteiger charge is 2.49. The highest BCUT2D eigenvalue weighted by molar-refractivity contribution is 6.10. The van der Waals surface area contributed by atoms with E-state index in [2.05, 4.69) is 15.6 Å². The zero-order chi connectivity index (χ0) is 26.7. The third-order valence-electron chi connectivity index (χ3n) is 7.16. The molecule has 1 atom stereocenters. The van der Waals surface area contributed by atoms with E-state index in [1.807, 2.05) is 69.3 Å². The third-order valence-corrected chi connectivity index (χ3v) is 7.16. The number of para-hydroxylation sites is 2. The van der Waals surface area contributed by atoms with Gasteiger partial charge >= 0.3 is 5.69 Å². The first-order chi connectivity index (χ1) is 18.1. The van der Waals surface area contributed by atoms with Gasteiger partial charge in [-0.05, 0) is 47.5 Å². The van der Waals surface area contributed by atoms with Gasteiger partial charge in [0.2, 0.25) is 5.91 Å². The molecular weight excluding hydrogens is 480 g/mol. The number of carbonyl (C=O) groups is 2. The number of fused-ring (bicyclic) bond motifs is 2. The van der Waals surface area contributed by atoms with Crippen LogP contribution < -0.4 is 16.3 Å². The summed E-state index contributed by atoms with van der Waals surface area (Å²) in [7, 11) is 0. The molecule has 2 amide bonds. The standard InChI is InChI=1S/C29H28N6O3/c1-28(2,3)25-32-26(37)29(33-25)15-18-11-12-20(14-19(18)16-29)31-24(36)17-34-21-8-4-5-9-22(21)35(27(34)38)23-10-6-7-13-30-23/h4-14H,15-17H2,1-3H3,(H,31,36)(H,32,33,37). The van der Waals surface area contributed by atoms with Crippen LogP contribution in [0.2, 0.25) is 0 Å². The Labute approximate surface area is 219 Å². The van der Waals surface area contributed by atoms with Gasteiger partial charge in [0.25, 0.3) is 5.91 Å². The number of anilines is 1. The SMILES string of the molecule is CC(C)(C)C1=NC2(Cc3ccc(NC(=O)Cn4c(=O)n(-c5ccccn5)c5ccccc54)cc3C2)C(=O)N1. The van der Waals surface area contributed by atoms with E-state index in [0.717, 1.165) is 11.1 Å². The van der Waals surface area contributed by atoms with Gasteiger partial charge in [0.15, 0.2) is 0 Å². The van der Waals surface area contributed by atoms with Crippen molar-refractivity contribution in [2.75, 3.05) is 5.32 Å². The van der Waals surface area contributed by atoms with Crippen LogP contribution in [-0.2, 0) is 29.0 Å². The first-order valence-electron chi connectivity index (χ1n) is 12.6. The van der Waals surface area contributed by atoms with Crippen molar-refractivity contribution in [1.29, 1.82) is 0 Å². The van der Waals surface area contributed by atoms with Crippen molar-refractivity contribution >= 4 is 34.4 Å². The summed E-state index contributed by atoms with van der Waals surface area (Å²) in [5.41, 5.74) is 2.57. The van der Waals surface area contributed by atoms with Crippen LogP contribution >= 0.6 is 0 Å². The molecule has 9 heteroatoms. The fourth-order valence-electron chi connectivity index (χ4n) is 5.26. The van der Waals surface area contributed by atoms with Crippen LogP contribution in [0.1, 0.15) is 31.9 Å². The number of hydrogen-bond acceptors (Lipinski definition) is 5. The maximum absolute atomic E-state index is 13.4. The number of pyridine rings is 1. The minimum absolute atomic E-state index is 0.0760. The van der Waals surface area contributed by atoms with Crippen LogP contribution in [-0.4, -0.2) is 37.3 Å². The number of amides is 2. The first-order valence-corrected chi connectivity index (χ1v) is 12.6. The molecule has 2 aliphatic rings. The van der Waals surface area contributed by atoms with Crippen LogP contribution in [0.4, 0.5) is 5.69 Å². The molecule has 0 radical (unpaired) electrons. The van der Waals surface area contributed by atoms with E-state index in [-0.39, 0.29) is 29.5 Å². The highest BCUT2D eigenvalue weighted by Crippen LogP contribution is 2.38. The Morgan fingerprint density at radius 2 is 1.74 bits per heavy atom. The lowest BCUT2D eigenvalue weighted by Gasteiger charge is -2.17. The van der Waals surface area contributed by atoms with Gasteiger partial charge in [0, 0.05) is 30.1 Å². The molecule has 3 heterocycles. The lowest BCUT2D eigenvalue weighted by Crippen LogP contribution is -2.41. The minimum Gasteiger partial charge on any atom is -0.325 e. The average molecular weight is 509 g/mol. The predicted molar refractivity (Wildman–Crippen MR) is 146 cm³/mol. The Morgan fingerprint density at radius 1 is 1.00 bits per heavy atom. The van der Waals surface area contributed by atoms with Crippen molar-refractivity contribution in [3.63, 3.8) is 0 Å². The molecule has 1 spiro atoms. The summed E-state index contributed by atoms with van der Waals surface area (Å²) in [5.74, 6) is 0.802. The van der Waals surface area contributed by atoms with Crippen LogP contribution in [0, 0.1) is 5.41 Å². The molecule has 0 saturated carbocycles. The van der Waals surface area contributed by atoms with E-state index in [9.17, 15) is 14.4 Å². The summed E-state index contributed by atoms with van der Waals surface area (Å²) in [6.07, 6.45) is 2.64. The Bertz CT molecular complexity index is 1690. The second-order valence-electron chi connectivity index (χ2n) is 11.0. The van der Waals surface area contributed by atoms with E-state index >= 15 is 0 Å². The number of hydrogen-bond donors (Lipinski definition) is 2. The Morgan fingerprint density at radius 3 is 2.45 bits per heavy atom. The summed E-state index contributed by atoms with van der Waals surface area (Å²) in [6, 6.07) is 18.4. The summed E-state index contributed by atoms with van der Waals surface area (Å²) >= 11 is 0. The predicted octanol–water partition coefficient (Wildman–Crippen LogP) is 3.24. The number of nitrogens with one attached hydrogen (secondary N) is 2. The van der Waals surface area contributed by atoms with E-state index in [4.69, 9.17) is 4.99 Å². The molecular formula is C29H28N6O3. The number of amidine groups is 1. The second kappa shape index (κ2) is 8.51. The van der Waals surface area contributed by atoms with Gasteiger partial charge in [-0.3, -0.25) is 19.1 Å².